The number of aromatic amines is 1. The lowest BCUT2D eigenvalue weighted by atomic mass is 10.1. The number of aryl methyl sites for hydroxylation is 3. The summed E-state index contributed by atoms with van der Waals surface area (Å²) in [7, 11) is 0. The van der Waals surface area contributed by atoms with Crippen LogP contribution in [-0.2, 0) is 6.42 Å². The zero-order valence-electron chi connectivity index (χ0n) is 9.02. The van der Waals surface area contributed by atoms with E-state index in [4.69, 9.17) is 0 Å². The highest BCUT2D eigenvalue weighted by Crippen LogP contribution is 2.19. The first-order valence-corrected chi connectivity index (χ1v) is 5.17. The van der Waals surface area contributed by atoms with Crippen molar-refractivity contribution in [2.24, 2.45) is 0 Å². The Bertz CT molecular complexity index is 455. The summed E-state index contributed by atoms with van der Waals surface area (Å²) in [5.74, 6) is 1.11. The number of imidazole rings is 1. The van der Waals surface area contributed by atoms with Gasteiger partial charge in [-0.1, -0.05) is 13.0 Å². The van der Waals surface area contributed by atoms with Gasteiger partial charge in [0.2, 0.25) is 0 Å². The van der Waals surface area contributed by atoms with Crippen molar-refractivity contribution in [3.8, 4) is 0 Å². The molecule has 1 N–H and O–H groups in total. The van der Waals surface area contributed by atoms with Gasteiger partial charge in [-0.2, -0.15) is 0 Å². The number of benzene rings is 1. The Labute approximate surface area is 84.4 Å². The van der Waals surface area contributed by atoms with Crippen molar-refractivity contribution in [1.82, 2.24) is 9.97 Å². The van der Waals surface area contributed by atoms with E-state index < -0.39 is 0 Å². The van der Waals surface area contributed by atoms with Crippen LogP contribution in [0, 0.1) is 13.8 Å². The van der Waals surface area contributed by atoms with Crippen LogP contribution in [0.4, 0.5) is 0 Å². The SMILES string of the molecule is CCCc1nc2c(C)c(C)ccc2[nH]1. The van der Waals surface area contributed by atoms with E-state index >= 15 is 0 Å². The molecule has 0 radical (unpaired) electrons. The molecule has 1 heterocycles. The van der Waals surface area contributed by atoms with E-state index in [1.54, 1.807) is 0 Å². The maximum Gasteiger partial charge on any atom is 0.107 e. The minimum Gasteiger partial charge on any atom is -0.342 e. The van der Waals surface area contributed by atoms with Crippen molar-refractivity contribution < 1.29 is 0 Å². The molecule has 0 unspecified atom stereocenters. The fourth-order valence-corrected chi connectivity index (χ4v) is 1.72. The van der Waals surface area contributed by atoms with Crippen LogP contribution in [0.5, 0.6) is 0 Å². The van der Waals surface area contributed by atoms with Gasteiger partial charge in [0.15, 0.2) is 0 Å². The first-order valence-electron chi connectivity index (χ1n) is 5.17. The Hall–Kier alpha value is -1.31. The summed E-state index contributed by atoms with van der Waals surface area (Å²) in [6.07, 6.45) is 2.17. The lowest BCUT2D eigenvalue weighted by Crippen LogP contribution is -1.84. The highest BCUT2D eigenvalue weighted by molar-refractivity contribution is 5.79. The summed E-state index contributed by atoms with van der Waals surface area (Å²) in [6, 6.07) is 4.26. The molecule has 0 amide bonds. The molecular formula is C12H16N2. The maximum atomic E-state index is 4.61. The number of H-pyrrole nitrogens is 1. The van der Waals surface area contributed by atoms with Crippen molar-refractivity contribution in [2.45, 2.75) is 33.6 Å². The Morgan fingerprint density at radius 3 is 2.79 bits per heavy atom. The van der Waals surface area contributed by atoms with Crippen LogP contribution in [-0.4, -0.2) is 9.97 Å². The monoisotopic (exact) mass is 188 g/mol. The van der Waals surface area contributed by atoms with Gasteiger partial charge in [0.1, 0.15) is 5.82 Å². The van der Waals surface area contributed by atoms with Crippen molar-refractivity contribution in [1.29, 1.82) is 0 Å². The molecule has 2 aromatic rings. The summed E-state index contributed by atoms with van der Waals surface area (Å²) in [5.41, 5.74) is 4.90. The van der Waals surface area contributed by atoms with Crippen LogP contribution in [0.25, 0.3) is 11.0 Å². The van der Waals surface area contributed by atoms with Crippen LogP contribution in [0.15, 0.2) is 12.1 Å². The molecule has 1 aromatic heterocycles. The predicted molar refractivity (Wildman–Crippen MR) is 59.6 cm³/mol. The van der Waals surface area contributed by atoms with Gasteiger partial charge in [0.25, 0.3) is 0 Å². The summed E-state index contributed by atoms with van der Waals surface area (Å²) in [6.45, 7) is 6.43. The molecule has 0 bridgehead atoms. The molecule has 0 aliphatic rings. The second-order valence-corrected chi connectivity index (χ2v) is 3.84. The summed E-state index contributed by atoms with van der Waals surface area (Å²) in [4.78, 5) is 7.96. The van der Waals surface area contributed by atoms with E-state index in [0.717, 1.165) is 29.7 Å². The number of aromatic nitrogens is 2. The summed E-state index contributed by atoms with van der Waals surface area (Å²) >= 11 is 0. The van der Waals surface area contributed by atoms with Gasteiger partial charge in [0, 0.05) is 6.42 Å². The number of hydrogen-bond donors (Lipinski definition) is 1. The molecule has 14 heavy (non-hydrogen) atoms. The number of nitrogens with zero attached hydrogens (tertiary/aromatic N) is 1. The minimum absolute atomic E-state index is 1.03. The Morgan fingerprint density at radius 1 is 1.29 bits per heavy atom. The Kier molecular flexibility index (Phi) is 2.28. The average molecular weight is 188 g/mol. The van der Waals surface area contributed by atoms with Gasteiger partial charge in [-0.15, -0.1) is 0 Å². The zero-order valence-corrected chi connectivity index (χ0v) is 9.02. The van der Waals surface area contributed by atoms with E-state index in [1.165, 1.54) is 11.1 Å². The maximum absolute atomic E-state index is 4.61. The molecule has 2 heteroatoms. The fraction of sp³-hybridized carbons (Fsp3) is 0.417. The fourth-order valence-electron chi connectivity index (χ4n) is 1.72. The van der Waals surface area contributed by atoms with Crippen LogP contribution in [0.3, 0.4) is 0 Å². The van der Waals surface area contributed by atoms with E-state index in [-0.39, 0.29) is 0 Å². The molecule has 0 saturated heterocycles. The third kappa shape index (κ3) is 1.41. The smallest absolute Gasteiger partial charge is 0.107 e. The van der Waals surface area contributed by atoms with E-state index in [0.29, 0.717) is 0 Å². The molecule has 0 spiro atoms. The first kappa shape index (κ1) is 9.25. The normalized spacial score (nSPS) is 11.1. The molecule has 0 aliphatic carbocycles. The molecule has 74 valence electrons. The number of fused-ring (bicyclic) bond motifs is 1. The molecule has 0 fully saturated rings. The third-order valence-electron chi connectivity index (χ3n) is 2.71. The second kappa shape index (κ2) is 3.45. The molecule has 0 saturated carbocycles. The number of nitrogens with one attached hydrogen (secondary N) is 1. The van der Waals surface area contributed by atoms with Gasteiger partial charge in [-0.25, -0.2) is 4.98 Å². The highest BCUT2D eigenvalue weighted by atomic mass is 14.9. The lowest BCUT2D eigenvalue weighted by Gasteiger charge is -1.98. The number of hydrogen-bond acceptors (Lipinski definition) is 1. The molecule has 2 nitrogen and oxygen atoms in total. The summed E-state index contributed by atoms with van der Waals surface area (Å²) < 4.78 is 0. The van der Waals surface area contributed by atoms with Gasteiger partial charge < -0.3 is 4.98 Å². The third-order valence-corrected chi connectivity index (χ3v) is 2.71. The predicted octanol–water partition coefficient (Wildman–Crippen LogP) is 3.13. The molecular weight excluding hydrogens is 172 g/mol. The minimum atomic E-state index is 1.03. The van der Waals surface area contributed by atoms with Crippen LogP contribution < -0.4 is 0 Å². The Balaban J connectivity index is 2.59. The van der Waals surface area contributed by atoms with Gasteiger partial charge in [0.05, 0.1) is 11.0 Å². The lowest BCUT2D eigenvalue weighted by molar-refractivity contribution is 0.861. The van der Waals surface area contributed by atoms with Gasteiger partial charge in [-0.05, 0) is 37.5 Å². The zero-order chi connectivity index (χ0) is 10.1. The first-order chi connectivity index (χ1) is 6.72. The largest absolute Gasteiger partial charge is 0.342 e. The van der Waals surface area contributed by atoms with E-state index in [9.17, 15) is 0 Å². The van der Waals surface area contributed by atoms with Crippen LogP contribution in [0.2, 0.25) is 0 Å². The average Bonchev–Trinajstić information content (AvgIpc) is 2.56. The van der Waals surface area contributed by atoms with Crippen LogP contribution in [0.1, 0.15) is 30.3 Å². The highest BCUT2D eigenvalue weighted by Gasteiger charge is 2.05. The van der Waals surface area contributed by atoms with Gasteiger partial charge in [-0.3, -0.25) is 0 Å². The molecule has 0 aliphatic heterocycles. The number of rotatable bonds is 2. The van der Waals surface area contributed by atoms with Crippen molar-refractivity contribution in [3.05, 3.63) is 29.1 Å². The molecule has 2 rings (SSSR count). The second-order valence-electron chi connectivity index (χ2n) is 3.84. The van der Waals surface area contributed by atoms with E-state index in [1.807, 2.05) is 0 Å². The van der Waals surface area contributed by atoms with E-state index in [2.05, 4.69) is 42.9 Å². The molecule has 0 atom stereocenters. The molecule has 1 aromatic carbocycles. The quantitative estimate of drug-likeness (QED) is 0.770. The van der Waals surface area contributed by atoms with Gasteiger partial charge >= 0.3 is 0 Å². The van der Waals surface area contributed by atoms with Crippen molar-refractivity contribution in [3.63, 3.8) is 0 Å². The summed E-state index contributed by atoms with van der Waals surface area (Å²) in [5, 5.41) is 0. The standard InChI is InChI=1S/C12H16N2/c1-4-5-11-13-10-7-6-8(2)9(3)12(10)14-11/h6-7H,4-5H2,1-3H3,(H,13,14). The topological polar surface area (TPSA) is 28.7 Å². The Morgan fingerprint density at radius 2 is 2.07 bits per heavy atom. The van der Waals surface area contributed by atoms with Crippen LogP contribution >= 0.6 is 0 Å². The van der Waals surface area contributed by atoms with Crippen molar-refractivity contribution in [2.75, 3.05) is 0 Å². The van der Waals surface area contributed by atoms with Crippen molar-refractivity contribution >= 4 is 11.0 Å².